The molecule has 6 aromatic rings. The monoisotopic (exact) mass is 1130 g/mol. The number of nitrogens with zero attached hydrogens (tertiary/aromatic N) is 6. The van der Waals surface area contributed by atoms with E-state index in [2.05, 4.69) is 29.9 Å². The van der Waals surface area contributed by atoms with Crippen molar-refractivity contribution < 1.29 is 55.0 Å². The van der Waals surface area contributed by atoms with Crippen molar-refractivity contribution in [3.05, 3.63) is 128 Å². The summed E-state index contributed by atoms with van der Waals surface area (Å²) >= 11 is -0.346. The molecule has 0 radical (unpaired) electrons. The van der Waals surface area contributed by atoms with Crippen molar-refractivity contribution in [3.8, 4) is 34.2 Å². The van der Waals surface area contributed by atoms with Crippen molar-refractivity contribution in [1.29, 1.82) is 0 Å². The van der Waals surface area contributed by atoms with Gasteiger partial charge in [0.1, 0.15) is 0 Å². The first kappa shape index (κ1) is 59.7. The summed E-state index contributed by atoms with van der Waals surface area (Å²) in [7, 11) is 1.07. The van der Waals surface area contributed by atoms with Gasteiger partial charge in [-0.15, -0.1) is 0 Å². The van der Waals surface area contributed by atoms with Crippen LogP contribution >= 0.6 is 19.4 Å². The first-order chi connectivity index (χ1) is 33.7. The molecule has 0 amide bonds. The Labute approximate surface area is 427 Å². The molecule has 6 aromatic heterocycles. The van der Waals surface area contributed by atoms with E-state index in [-0.39, 0.29) is 15.1 Å². The van der Waals surface area contributed by atoms with E-state index in [1.54, 1.807) is 37.2 Å². The summed E-state index contributed by atoms with van der Waals surface area (Å²) in [4.78, 5) is 26.4. The Morgan fingerprint density at radius 1 is 0.319 bits per heavy atom. The molecule has 0 spiro atoms. The van der Waals surface area contributed by atoms with Gasteiger partial charge in [0.2, 0.25) is 0 Å². The molecule has 0 aliphatic carbocycles. The van der Waals surface area contributed by atoms with Crippen LogP contribution in [0.2, 0.25) is 0 Å². The van der Waals surface area contributed by atoms with Crippen LogP contribution in [0.15, 0.2) is 128 Å². The first-order valence-corrected chi connectivity index (χ1v) is 32.6. The molecule has 0 aliphatic rings. The van der Waals surface area contributed by atoms with Gasteiger partial charge in [0.25, 0.3) is 0 Å². The summed E-state index contributed by atoms with van der Waals surface area (Å²) in [6.07, 6.45) is 10.6. The molecule has 0 aromatic carbocycles. The third kappa shape index (κ3) is 18.5. The fourth-order valence-electron chi connectivity index (χ4n) is 6.56. The Kier molecular flexibility index (Phi) is 29.3. The maximum atomic E-state index is 5.88. The number of hydrogen-bond donors (Lipinski definition) is 0. The van der Waals surface area contributed by atoms with Crippen LogP contribution < -0.4 is 15.6 Å². The van der Waals surface area contributed by atoms with Gasteiger partial charge in [0.15, 0.2) is 0 Å². The van der Waals surface area contributed by atoms with Crippen LogP contribution in [-0.4, -0.2) is 116 Å². The molecule has 21 heteroatoms. The molecule has 0 N–H and O–H groups in total. The van der Waals surface area contributed by atoms with Crippen LogP contribution in [0.1, 0.15) is 62.3 Å². The standard InChI is InChI=1S/3C16H22N2O3Si.2ClH.Ru/c3*1-4-19-22(20-5-2,21-6-3)14-10-11-16(18-13-14)15-9-7-8-12-17-15;;;/h3*7-13H,4-6H2,1-3H3;2*1H;/q;;;;;+2/p-2. The van der Waals surface area contributed by atoms with Gasteiger partial charge in [-0.25, -0.2) is 0 Å². The number of rotatable bonds is 24. The Morgan fingerprint density at radius 2 is 0.522 bits per heavy atom. The fourth-order valence-corrected chi connectivity index (χ4v) is 13.8. The predicted octanol–water partition coefficient (Wildman–Crippen LogP) is 8.57. The third-order valence-electron chi connectivity index (χ3n) is 9.14. The molecule has 0 bridgehead atoms. The molecule has 0 atom stereocenters. The zero-order valence-corrected chi connectivity index (χ0v) is 47.2. The van der Waals surface area contributed by atoms with E-state index < -0.39 is 26.4 Å². The minimum atomic E-state index is -2.88. The van der Waals surface area contributed by atoms with E-state index >= 15 is 0 Å². The van der Waals surface area contributed by atoms with Crippen LogP contribution in [0.5, 0.6) is 0 Å². The topological polar surface area (TPSA) is 160 Å². The van der Waals surface area contributed by atoms with Gasteiger partial charge in [-0.3, -0.25) is 29.9 Å². The molecule has 15 nitrogen and oxygen atoms in total. The van der Waals surface area contributed by atoms with Crippen molar-refractivity contribution in [2.45, 2.75) is 62.3 Å². The number of aromatic nitrogens is 6. The van der Waals surface area contributed by atoms with Gasteiger partial charge in [-0.2, -0.15) is 0 Å². The minimum absolute atomic E-state index is 0.346. The van der Waals surface area contributed by atoms with Crippen molar-refractivity contribution in [3.63, 3.8) is 0 Å². The zero-order chi connectivity index (χ0) is 50.2. The molecular formula is C48H66Cl2N6O9RuSi3. The van der Waals surface area contributed by atoms with E-state index in [1.807, 2.05) is 153 Å². The fraction of sp³-hybridized carbons (Fsp3) is 0.375. The molecule has 376 valence electrons. The summed E-state index contributed by atoms with van der Waals surface area (Å²) in [6, 6.07) is 28.9. The second kappa shape index (κ2) is 33.9. The summed E-state index contributed by atoms with van der Waals surface area (Å²) in [5.74, 6) is 0. The van der Waals surface area contributed by atoms with Crippen LogP contribution in [0, 0.1) is 0 Å². The van der Waals surface area contributed by atoms with Gasteiger partial charge >= 0.3 is 60.9 Å². The summed E-state index contributed by atoms with van der Waals surface area (Å²) in [6.45, 7) is 22.3. The molecule has 0 saturated carbocycles. The Bertz CT molecular complexity index is 1930. The van der Waals surface area contributed by atoms with Crippen molar-refractivity contribution >= 4 is 61.4 Å². The summed E-state index contributed by atoms with van der Waals surface area (Å²) < 4.78 is 52.9. The number of halogens is 2. The molecule has 0 unspecified atom stereocenters. The van der Waals surface area contributed by atoms with Gasteiger partial charge in [0, 0.05) is 112 Å². The van der Waals surface area contributed by atoms with Crippen molar-refractivity contribution in [1.82, 2.24) is 29.9 Å². The average molecular weight is 1130 g/mol. The molecular weight excluding hydrogens is 1060 g/mol. The normalized spacial score (nSPS) is 11.4. The predicted molar refractivity (Wildman–Crippen MR) is 275 cm³/mol. The Hall–Kier alpha value is -3.61. The average Bonchev–Trinajstić information content (AvgIpc) is 3.38. The van der Waals surface area contributed by atoms with Gasteiger partial charge < -0.3 is 39.8 Å². The van der Waals surface area contributed by atoms with Crippen LogP contribution in [0.3, 0.4) is 0 Å². The van der Waals surface area contributed by atoms with E-state index in [4.69, 9.17) is 59.2 Å². The molecule has 6 heterocycles. The number of hydrogen-bond acceptors (Lipinski definition) is 15. The first-order valence-electron chi connectivity index (χ1n) is 22.9. The van der Waals surface area contributed by atoms with E-state index in [0.29, 0.717) is 59.5 Å². The van der Waals surface area contributed by atoms with Crippen molar-refractivity contribution in [2.75, 3.05) is 59.5 Å². The van der Waals surface area contributed by atoms with Crippen LogP contribution in [0.4, 0.5) is 0 Å². The number of pyridine rings is 6. The van der Waals surface area contributed by atoms with E-state index in [1.165, 1.54) is 0 Å². The second-order valence-electron chi connectivity index (χ2n) is 13.6. The Morgan fingerprint density at radius 3 is 0.667 bits per heavy atom. The van der Waals surface area contributed by atoms with Crippen molar-refractivity contribution in [2.24, 2.45) is 0 Å². The third-order valence-corrected chi connectivity index (χ3v) is 18.2. The molecule has 0 aliphatic heterocycles. The summed E-state index contributed by atoms with van der Waals surface area (Å²) in [5, 5.41) is 2.62. The second-order valence-corrected chi connectivity index (χ2v) is 23.9. The van der Waals surface area contributed by atoms with Crippen LogP contribution in [0.25, 0.3) is 34.2 Å². The summed E-state index contributed by atoms with van der Waals surface area (Å²) in [5.41, 5.74) is 4.96. The Balaban J connectivity index is 0.000000266. The quantitative estimate of drug-likeness (QED) is 0.0530. The molecule has 0 fully saturated rings. The van der Waals surface area contributed by atoms with E-state index in [0.717, 1.165) is 49.7 Å². The SMILES string of the molecule is CCO[Si](OCC)(OCC)c1ccc(-c2ccccn2)nc1.CCO[Si](OCC)(OCC)c1ccc(-c2ccccn2)nc1.CCO[Si](OCC)(OCC)c1ccc(-c2ccccn2)nc1.[Cl][Ru][Cl]. The van der Waals surface area contributed by atoms with Crippen LogP contribution in [-0.2, 0) is 55.0 Å². The molecule has 69 heavy (non-hydrogen) atoms. The molecule has 6 rings (SSSR count). The van der Waals surface area contributed by atoms with Gasteiger partial charge in [-0.05, 0) is 117 Å². The van der Waals surface area contributed by atoms with Gasteiger partial charge in [0.05, 0.1) is 34.2 Å². The molecule has 0 saturated heterocycles. The maximum absolute atomic E-state index is 5.88. The van der Waals surface area contributed by atoms with Gasteiger partial charge in [-0.1, -0.05) is 36.4 Å². The zero-order valence-electron chi connectivity index (χ0n) is 41.0. The van der Waals surface area contributed by atoms with E-state index in [9.17, 15) is 0 Å².